The number of halogens is 2. The van der Waals surface area contributed by atoms with Crippen molar-refractivity contribution >= 4 is 17.5 Å². The van der Waals surface area contributed by atoms with Crippen molar-refractivity contribution in [2.45, 2.75) is 12.5 Å². The predicted octanol–water partition coefficient (Wildman–Crippen LogP) is 1.08. The molecule has 23 heavy (non-hydrogen) atoms. The van der Waals surface area contributed by atoms with E-state index in [1.165, 1.54) is 18.1 Å². The number of nitrogens with zero attached hydrogens (tertiary/aromatic N) is 1. The maximum atomic E-state index is 13.3. The van der Waals surface area contributed by atoms with Crippen LogP contribution in [0.15, 0.2) is 18.2 Å². The molecule has 1 aliphatic heterocycles. The lowest BCUT2D eigenvalue weighted by Crippen LogP contribution is -2.41. The summed E-state index contributed by atoms with van der Waals surface area (Å²) in [6.45, 7) is 0.246. The highest BCUT2D eigenvalue weighted by Crippen LogP contribution is 2.26. The minimum atomic E-state index is -1.05. The van der Waals surface area contributed by atoms with Crippen LogP contribution in [0.4, 0.5) is 14.5 Å². The molecule has 1 aromatic rings. The summed E-state index contributed by atoms with van der Waals surface area (Å²) in [6.07, 6.45) is 5.26. The fourth-order valence-electron chi connectivity index (χ4n) is 2.37. The lowest BCUT2D eigenvalue weighted by molar-refractivity contribution is -0.126. The molecule has 1 saturated heterocycles. The van der Waals surface area contributed by atoms with Crippen molar-refractivity contribution < 1.29 is 23.1 Å². The number of ether oxygens (including phenoxy) is 1. The average molecular weight is 322 g/mol. The first-order chi connectivity index (χ1) is 11.0. The lowest BCUT2D eigenvalue weighted by atomic mass is 10.1. The average Bonchev–Trinajstić information content (AvgIpc) is 2.91. The summed E-state index contributed by atoms with van der Waals surface area (Å²) in [7, 11) is 1.46. The third-order valence-corrected chi connectivity index (χ3v) is 3.56. The van der Waals surface area contributed by atoms with Crippen molar-refractivity contribution in [3.63, 3.8) is 0 Å². The molecule has 122 valence electrons. The van der Waals surface area contributed by atoms with E-state index in [9.17, 15) is 18.4 Å². The van der Waals surface area contributed by atoms with Crippen molar-refractivity contribution in [2.75, 3.05) is 25.2 Å². The van der Waals surface area contributed by atoms with E-state index in [2.05, 4.69) is 11.2 Å². The number of hydrogen-bond donors (Lipinski definition) is 1. The van der Waals surface area contributed by atoms with E-state index in [1.54, 1.807) is 0 Å². The Bertz CT molecular complexity index is 657. The number of hydrogen-bond acceptors (Lipinski definition) is 3. The van der Waals surface area contributed by atoms with Gasteiger partial charge in [0.2, 0.25) is 11.8 Å². The number of carbonyl (C=O) groups is 2. The van der Waals surface area contributed by atoms with E-state index in [0.29, 0.717) is 0 Å². The van der Waals surface area contributed by atoms with E-state index in [0.717, 1.165) is 12.1 Å². The van der Waals surface area contributed by atoms with E-state index in [4.69, 9.17) is 11.2 Å². The van der Waals surface area contributed by atoms with Gasteiger partial charge in [-0.2, -0.15) is 0 Å². The molecule has 1 aromatic carbocycles. The lowest BCUT2D eigenvalue weighted by Gasteiger charge is -2.18. The Kier molecular flexibility index (Phi) is 5.29. The number of rotatable bonds is 5. The van der Waals surface area contributed by atoms with Gasteiger partial charge in [-0.1, -0.05) is 5.92 Å². The summed E-state index contributed by atoms with van der Waals surface area (Å²) in [5.41, 5.74) is 0.217. The van der Waals surface area contributed by atoms with Gasteiger partial charge in [-0.05, 0) is 12.1 Å². The van der Waals surface area contributed by atoms with E-state index < -0.39 is 23.6 Å². The molecule has 2 atom stereocenters. The molecule has 1 fully saturated rings. The molecule has 0 bridgehead atoms. The van der Waals surface area contributed by atoms with Gasteiger partial charge < -0.3 is 15.0 Å². The molecule has 0 aliphatic carbocycles. The highest BCUT2D eigenvalue weighted by Gasteiger charge is 2.35. The van der Waals surface area contributed by atoms with Crippen LogP contribution in [-0.4, -0.2) is 38.1 Å². The minimum Gasteiger partial charge on any atom is -0.382 e. The standard InChI is InChI=1S/C16H16F2N2O3/c1-3-11(9-23-2)19-16(22)10-6-15(21)20(8-10)12-4-5-13(17)14(18)7-12/h1,4-5,7,10-11H,6,8-9H2,2H3,(H,19,22)/t10-,11-/m1/s1. The van der Waals surface area contributed by atoms with Crippen molar-refractivity contribution in [2.24, 2.45) is 5.92 Å². The fraction of sp³-hybridized carbons (Fsp3) is 0.375. The number of anilines is 1. The zero-order valence-corrected chi connectivity index (χ0v) is 12.5. The number of benzene rings is 1. The summed E-state index contributed by atoms with van der Waals surface area (Å²) in [6, 6.07) is 2.59. The minimum absolute atomic E-state index is 0.0187. The van der Waals surface area contributed by atoms with Crippen LogP contribution in [0.25, 0.3) is 0 Å². The molecule has 0 spiro atoms. The maximum absolute atomic E-state index is 13.3. The van der Waals surface area contributed by atoms with Gasteiger partial charge in [0, 0.05) is 31.8 Å². The van der Waals surface area contributed by atoms with Crippen LogP contribution in [0, 0.1) is 29.9 Å². The molecule has 1 N–H and O–H groups in total. The number of methoxy groups -OCH3 is 1. The highest BCUT2D eigenvalue weighted by molar-refractivity contribution is 6.00. The summed E-state index contributed by atoms with van der Waals surface area (Å²) in [4.78, 5) is 25.4. The second-order valence-corrected chi connectivity index (χ2v) is 5.19. The zero-order chi connectivity index (χ0) is 17.0. The van der Waals surface area contributed by atoms with Gasteiger partial charge in [-0.25, -0.2) is 8.78 Å². The first kappa shape index (κ1) is 16.9. The van der Waals surface area contributed by atoms with Gasteiger partial charge in [0.1, 0.15) is 6.04 Å². The largest absolute Gasteiger partial charge is 0.382 e. The summed E-state index contributed by atoms with van der Waals surface area (Å²) in [5.74, 6) is -0.975. The quantitative estimate of drug-likeness (QED) is 0.826. The SMILES string of the molecule is C#C[C@H](COC)NC(=O)[C@@H]1CC(=O)N(c2ccc(F)c(F)c2)C1. The summed E-state index contributed by atoms with van der Waals surface area (Å²) >= 11 is 0. The summed E-state index contributed by atoms with van der Waals surface area (Å²) in [5, 5.41) is 2.61. The van der Waals surface area contributed by atoms with Gasteiger partial charge >= 0.3 is 0 Å². The van der Waals surface area contributed by atoms with Crippen LogP contribution in [0.1, 0.15) is 6.42 Å². The Hall–Kier alpha value is -2.46. The summed E-state index contributed by atoms with van der Waals surface area (Å²) < 4.78 is 31.1. The Morgan fingerprint density at radius 1 is 1.52 bits per heavy atom. The topological polar surface area (TPSA) is 58.6 Å². The Labute approximate surface area is 132 Å². The first-order valence-corrected chi connectivity index (χ1v) is 6.97. The van der Waals surface area contributed by atoms with Crippen LogP contribution in [0.2, 0.25) is 0 Å². The molecule has 1 heterocycles. The number of nitrogens with one attached hydrogen (secondary N) is 1. The molecule has 0 radical (unpaired) electrons. The van der Waals surface area contributed by atoms with Gasteiger partial charge in [0.15, 0.2) is 11.6 Å². The van der Waals surface area contributed by atoms with Crippen molar-refractivity contribution in [1.29, 1.82) is 0 Å². The maximum Gasteiger partial charge on any atom is 0.227 e. The molecule has 0 saturated carbocycles. The van der Waals surface area contributed by atoms with Crippen molar-refractivity contribution in [3.8, 4) is 12.3 Å². The molecule has 0 aromatic heterocycles. The molecular formula is C16H16F2N2O3. The third kappa shape index (κ3) is 3.85. The fourth-order valence-corrected chi connectivity index (χ4v) is 2.37. The predicted molar refractivity (Wildman–Crippen MR) is 79.5 cm³/mol. The van der Waals surface area contributed by atoms with E-state index in [1.807, 2.05) is 0 Å². The Morgan fingerprint density at radius 3 is 2.87 bits per heavy atom. The van der Waals surface area contributed by atoms with Crippen molar-refractivity contribution in [1.82, 2.24) is 5.32 Å². The van der Waals surface area contributed by atoms with Crippen LogP contribution >= 0.6 is 0 Å². The van der Waals surface area contributed by atoms with Crippen molar-refractivity contribution in [3.05, 3.63) is 29.8 Å². The Balaban J connectivity index is 2.06. The molecule has 0 unspecified atom stereocenters. The van der Waals surface area contributed by atoms with Gasteiger partial charge in [0.25, 0.3) is 0 Å². The second kappa shape index (κ2) is 7.20. The third-order valence-electron chi connectivity index (χ3n) is 3.56. The molecular weight excluding hydrogens is 306 g/mol. The Morgan fingerprint density at radius 2 is 2.26 bits per heavy atom. The second-order valence-electron chi connectivity index (χ2n) is 5.19. The zero-order valence-electron chi connectivity index (χ0n) is 12.5. The normalized spacial score (nSPS) is 18.6. The van der Waals surface area contributed by atoms with Crippen LogP contribution in [0.5, 0.6) is 0 Å². The molecule has 7 heteroatoms. The van der Waals surface area contributed by atoms with Gasteiger partial charge in [-0.15, -0.1) is 6.42 Å². The van der Waals surface area contributed by atoms with Crippen LogP contribution in [-0.2, 0) is 14.3 Å². The number of carbonyl (C=O) groups excluding carboxylic acids is 2. The van der Waals surface area contributed by atoms with Crippen LogP contribution in [0.3, 0.4) is 0 Å². The number of terminal acetylenes is 1. The number of amides is 2. The van der Waals surface area contributed by atoms with Crippen LogP contribution < -0.4 is 10.2 Å². The first-order valence-electron chi connectivity index (χ1n) is 6.97. The molecule has 2 amide bonds. The monoisotopic (exact) mass is 322 g/mol. The van der Waals surface area contributed by atoms with Gasteiger partial charge in [-0.3, -0.25) is 9.59 Å². The van der Waals surface area contributed by atoms with E-state index >= 15 is 0 Å². The molecule has 5 nitrogen and oxygen atoms in total. The highest BCUT2D eigenvalue weighted by atomic mass is 19.2. The smallest absolute Gasteiger partial charge is 0.227 e. The van der Waals surface area contributed by atoms with E-state index in [-0.39, 0.29) is 37.1 Å². The molecule has 2 rings (SSSR count). The molecule has 1 aliphatic rings. The van der Waals surface area contributed by atoms with Gasteiger partial charge in [0.05, 0.1) is 12.5 Å².